The molecule has 4 nitrogen and oxygen atoms in total. The first-order valence-electron chi connectivity index (χ1n) is 13.4. The number of rotatable bonds is 4. The first-order valence-corrected chi connectivity index (χ1v) is 13.4. The van der Waals surface area contributed by atoms with Crippen molar-refractivity contribution < 1.29 is 40.3 Å². The standard InChI is InChI=1S/C30H29F7N2O2/c1-28(2,19-11-20(29(32,33)34)13-21(12-19)30(35,36)37)27(41)39-10-9-18-15-38(23-7-8-24(40)14-23)16-25(18)26(39)17-3-5-22(31)6-4-17/h3-6,11-14,18,25-26H,7-10,15-16H2,1-2H3/t18?,25-,26+/m1/s1. The van der Waals surface area contributed by atoms with Crippen molar-refractivity contribution in [2.45, 2.75) is 56.9 Å². The minimum Gasteiger partial charge on any atom is -0.374 e. The second kappa shape index (κ2) is 10.2. The number of ketones is 1. The van der Waals surface area contributed by atoms with Gasteiger partial charge in [0.15, 0.2) is 5.78 Å². The number of hydrogen-bond donors (Lipinski definition) is 0. The van der Waals surface area contributed by atoms with Crippen LogP contribution in [-0.4, -0.2) is 41.1 Å². The van der Waals surface area contributed by atoms with Gasteiger partial charge in [-0.15, -0.1) is 0 Å². The van der Waals surface area contributed by atoms with Crippen LogP contribution in [0.25, 0.3) is 0 Å². The minimum absolute atomic E-state index is 0.0443. The molecule has 2 aromatic rings. The molecule has 0 radical (unpaired) electrons. The van der Waals surface area contributed by atoms with Gasteiger partial charge in [-0.05, 0) is 74.1 Å². The number of carbonyl (C=O) groups is 2. The summed E-state index contributed by atoms with van der Waals surface area (Å²) in [5, 5.41) is 0. The quantitative estimate of drug-likeness (QED) is 0.368. The Bertz CT molecular complexity index is 1350. The van der Waals surface area contributed by atoms with E-state index in [0.717, 1.165) is 5.70 Å². The maximum atomic E-state index is 14.2. The normalized spacial score (nSPS) is 23.6. The lowest BCUT2D eigenvalue weighted by Gasteiger charge is -2.45. The van der Waals surface area contributed by atoms with Crippen LogP contribution >= 0.6 is 0 Å². The summed E-state index contributed by atoms with van der Waals surface area (Å²) in [6, 6.07) is 6.32. The van der Waals surface area contributed by atoms with E-state index >= 15 is 0 Å². The molecule has 2 fully saturated rings. The molecule has 3 aliphatic rings. The second-order valence-electron chi connectivity index (χ2n) is 11.6. The van der Waals surface area contributed by atoms with Crippen LogP contribution in [0.15, 0.2) is 54.2 Å². The third-order valence-corrected chi connectivity index (χ3v) is 8.65. The largest absolute Gasteiger partial charge is 0.416 e. The van der Waals surface area contributed by atoms with Gasteiger partial charge in [0.05, 0.1) is 22.6 Å². The van der Waals surface area contributed by atoms with Crippen LogP contribution in [0.2, 0.25) is 0 Å². The van der Waals surface area contributed by atoms with Gasteiger partial charge < -0.3 is 9.80 Å². The first kappa shape index (κ1) is 29.1. The highest BCUT2D eigenvalue weighted by atomic mass is 19.4. The lowest BCUT2D eigenvalue weighted by atomic mass is 9.75. The number of hydrogen-bond acceptors (Lipinski definition) is 3. The van der Waals surface area contributed by atoms with Gasteiger partial charge >= 0.3 is 12.4 Å². The molecule has 220 valence electrons. The zero-order chi connectivity index (χ0) is 29.9. The lowest BCUT2D eigenvalue weighted by Crippen LogP contribution is -2.51. The molecule has 0 bridgehead atoms. The van der Waals surface area contributed by atoms with Crippen LogP contribution in [0.1, 0.15) is 61.4 Å². The van der Waals surface area contributed by atoms with Crippen molar-refractivity contribution in [1.82, 2.24) is 9.80 Å². The van der Waals surface area contributed by atoms with Crippen LogP contribution in [0.5, 0.6) is 0 Å². The van der Waals surface area contributed by atoms with E-state index in [1.54, 1.807) is 18.2 Å². The molecule has 0 spiro atoms. The fourth-order valence-corrected chi connectivity index (χ4v) is 6.41. The summed E-state index contributed by atoms with van der Waals surface area (Å²) in [6.45, 7) is 4.05. The van der Waals surface area contributed by atoms with Gasteiger partial charge in [0.2, 0.25) is 5.91 Å². The molecule has 5 rings (SSSR count). The van der Waals surface area contributed by atoms with E-state index in [1.807, 2.05) is 0 Å². The highest BCUT2D eigenvalue weighted by molar-refractivity contribution is 5.92. The summed E-state index contributed by atoms with van der Waals surface area (Å²) in [5.41, 5.74) is -3.56. The molecular weight excluding hydrogens is 553 g/mol. The SMILES string of the molecule is CC(C)(C(=O)N1CCC2CN(C3=CC(=O)CC3)C[C@H]2[C@@H]1c1ccc(F)cc1)c1cc(C(F)(F)F)cc(C(F)(F)F)c1. The van der Waals surface area contributed by atoms with Crippen molar-refractivity contribution in [1.29, 1.82) is 0 Å². The van der Waals surface area contributed by atoms with Crippen molar-refractivity contribution in [2.24, 2.45) is 11.8 Å². The van der Waals surface area contributed by atoms with Crippen LogP contribution in [0, 0.1) is 17.7 Å². The molecule has 2 aliphatic heterocycles. The van der Waals surface area contributed by atoms with E-state index in [4.69, 9.17) is 0 Å². The third kappa shape index (κ3) is 5.59. The molecule has 0 saturated carbocycles. The summed E-state index contributed by atoms with van der Waals surface area (Å²) in [6.07, 6.45) is -6.85. The fourth-order valence-electron chi connectivity index (χ4n) is 6.41. The van der Waals surface area contributed by atoms with Gasteiger partial charge in [-0.3, -0.25) is 9.59 Å². The molecule has 0 aromatic heterocycles. The Kier molecular flexibility index (Phi) is 7.22. The molecule has 2 saturated heterocycles. The number of halogens is 7. The van der Waals surface area contributed by atoms with Crippen molar-refractivity contribution in [3.8, 4) is 0 Å². The summed E-state index contributed by atoms with van der Waals surface area (Å²) < 4.78 is 95.5. The summed E-state index contributed by atoms with van der Waals surface area (Å²) in [4.78, 5) is 29.7. The first-order chi connectivity index (χ1) is 19.1. The lowest BCUT2D eigenvalue weighted by molar-refractivity contribution is -0.145. The number of allylic oxidation sites excluding steroid dienone is 2. The van der Waals surface area contributed by atoms with Crippen LogP contribution in [0.3, 0.4) is 0 Å². The summed E-state index contributed by atoms with van der Waals surface area (Å²) >= 11 is 0. The van der Waals surface area contributed by atoms with Crippen LogP contribution in [-0.2, 0) is 27.4 Å². The molecule has 41 heavy (non-hydrogen) atoms. The Labute approximate surface area is 232 Å². The Morgan fingerprint density at radius 2 is 1.44 bits per heavy atom. The molecule has 0 N–H and O–H groups in total. The molecule has 1 aliphatic carbocycles. The molecular formula is C30H29F7N2O2. The highest BCUT2D eigenvalue weighted by Crippen LogP contribution is 2.47. The van der Waals surface area contributed by atoms with E-state index in [2.05, 4.69) is 4.90 Å². The maximum Gasteiger partial charge on any atom is 0.416 e. The van der Waals surface area contributed by atoms with E-state index < -0.39 is 52.2 Å². The number of carbonyl (C=O) groups excluding carboxylic acids is 2. The topological polar surface area (TPSA) is 40.6 Å². The van der Waals surface area contributed by atoms with Crippen molar-refractivity contribution in [2.75, 3.05) is 19.6 Å². The zero-order valence-corrected chi connectivity index (χ0v) is 22.5. The van der Waals surface area contributed by atoms with E-state index in [-0.39, 0.29) is 30.2 Å². The van der Waals surface area contributed by atoms with Crippen molar-refractivity contribution in [3.05, 3.63) is 82.3 Å². The van der Waals surface area contributed by atoms with Crippen LogP contribution < -0.4 is 0 Å². The molecule has 1 amide bonds. The smallest absolute Gasteiger partial charge is 0.374 e. The van der Waals surface area contributed by atoms with Gasteiger partial charge in [-0.1, -0.05) is 12.1 Å². The number of nitrogens with zero attached hydrogens (tertiary/aromatic N) is 2. The number of likely N-dealkylation sites (tertiary alicyclic amines) is 2. The summed E-state index contributed by atoms with van der Waals surface area (Å²) in [5.74, 6) is -1.07. The van der Waals surface area contributed by atoms with E-state index in [0.29, 0.717) is 50.0 Å². The van der Waals surface area contributed by atoms with Gasteiger partial charge in [-0.25, -0.2) is 4.39 Å². The minimum atomic E-state index is -5.05. The zero-order valence-electron chi connectivity index (χ0n) is 22.5. The van der Waals surface area contributed by atoms with Gasteiger partial charge in [-0.2, -0.15) is 26.3 Å². The third-order valence-electron chi connectivity index (χ3n) is 8.65. The Hall–Kier alpha value is -3.37. The fraction of sp³-hybridized carbons (Fsp3) is 0.467. The van der Waals surface area contributed by atoms with E-state index in [1.165, 1.54) is 30.9 Å². The molecule has 2 aromatic carbocycles. The number of alkyl halides is 6. The van der Waals surface area contributed by atoms with Gasteiger partial charge in [0.25, 0.3) is 0 Å². The summed E-state index contributed by atoms with van der Waals surface area (Å²) in [7, 11) is 0. The Morgan fingerprint density at radius 1 is 0.854 bits per heavy atom. The van der Waals surface area contributed by atoms with Crippen molar-refractivity contribution in [3.63, 3.8) is 0 Å². The van der Waals surface area contributed by atoms with E-state index in [9.17, 15) is 40.3 Å². The molecule has 3 atom stereocenters. The number of fused-ring (bicyclic) bond motifs is 1. The number of piperidine rings is 1. The molecule has 11 heteroatoms. The monoisotopic (exact) mass is 582 g/mol. The average Bonchev–Trinajstić information content (AvgIpc) is 3.53. The van der Waals surface area contributed by atoms with Gasteiger partial charge in [0, 0.05) is 43.7 Å². The number of amides is 1. The van der Waals surface area contributed by atoms with Crippen LogP contribution in [0.4, 0.5) is 30.7 Å². The highest BCUT2D eigenvalue weighted by Gasteiger charge is 2.49. The second-order valence-corrected chi connectivity index (χ2v) is 11.6. The predicted molar refractivity (Wildman–Crippen MR) is 136 cm³/mol. The number of benzene rings is 2. The Morgan fingerprint density at radius 3 is 1.98 bits per heavy atom. The molecule has 1 unspecified atom stereocenters. The molecule has 2 heterocycles. The van der Waals surface area contributed by atoms with Crippen molar-refractivity contribution >= 4 is 11.7 Å². The Balaban J connectivity index is 1.53. The maximum absolute atomic E-state index is 14.2. The predicted octanol–water partition coefficient (Wildman–Crippen LogP) is 6.91. The average molecular weight is 583 g/mol. The van der Waals surface area contributed by atoms with Gasteiger partial charge in [0.1, 0.15) is 5.82 Å².